The van der Waals surface area contributed by atoms with Crippen LogP contribution >= 0.6 is 0 Å². The number of aromatic nitrogens is 1. The van der Waals surface area contributed by atoms with Gasteiger partial charge in [0.2, 0.25) is 5.91 Å². The fourth-order valence-electron chi connectivity index (χ4n) is 2.49. The summed E-state index contributed by atoms with van der Waals surface area (Å²) in [6, 6.07) is 3.54. The molecule has 0 aliphatic carbocycles. The van der Waals surface area contributed by atoms with E-state index in [1.165, 1.54) is 6.20 Å². The lowest BCUT2D eigenvalue weighted by atomic mass is 10.2. The molecule has 2 rings (SSSR count). The summed E-state index contributed by atoms with van der Waals surface area (Å²) in [7, 11) is 0. The topological polar surface area (TPSA) is 88.8 Å². The second-order valence-corrected chi connectivity index (χ2v) is 6.74. The third-order valence-corrected chi connectivity index (χ3v) is 3.61. The largest absolute Gasteiger partial charge is 0.444 e. The summed E-state index contributed by atoms with van der Waals surface area (Å²) in [6.07, 6.45) is 1.19. The Kier molecular flexibility index (Phi) is 4.77. The van der Waals surface area contributed by atoms with Crippen molar-refractivity contribution in [3.8, 4) is 0 Å². The van der Waals surface area contributed by atoms with Gasteiger partial charge in [-0.05, 0) is 39.8 Å². The Balaban J connectivity index is 2.01. The second kappa shape index (κ2) is 6.44. The Labute approximate surface area is 136 Å². The Morgan fingerprint density at radius 1 is 1.30 bits per heavy atom. The van der Waals surface area contributed by atoms with E-state index in [1.54, 1.807) is 17.0 Å². The van der Waals surface area contributed by atoms with E-state index in [0.717, 1.165) is 5.82 Å². The predicted octanol–water partition coefficient (Wildman–Crippen LogP) is 1.63. The molecule has 7 heteroatoms. The van der Waals surface area contributed by atoms with Gasteiger partial charge >= 0.3 is 6.09 Å². The standard InChI is InChI=1S/C16H24N4O3/c1-11-10-19(15(22)23-16(2,3)4)7-8-20(11)13-6-5-12(9-18-13)14(17)21/h5-6,9,11H,7-8,10H2,1-4H3,(H2,17,21)/t11-/m1/s1. The predicted molar refractivity (Wildman–Crippen MR) is 87.4 cm³/mol. The molecule has 0 unspecified atom stereocenters. The molecule has 0 spiro atoms. The summed E-state index contributed by atoms with van der Waals surface area (Å²) in [5.74, 6) is 0.276. The summed E-state index contributed by atoms with van der Waals surface area (Å²) in [6.45, 7) is 9.38. The van der Waals surface area contributed by atoms with E-state index < -0.39 is 11.5 Å². The minimum absolute atomic E-state index is 0.100. The first kappa shape index (κ1) is 17.1. The van der Waals surface area contributed by atoms with Gasteiger partial charge in [-0.3, -0.25) is 4.79 Å². The van der Waals surface area contributed by atoms with Gasteiger partial charge in [0, 0.05) is 31.9 Å². The fourth-order valence-corrected chi connectivity index (χ4v) is 2.49. The average Bonchev–Trinajstić information content (AvgIpc) is 2.45. The third-order valence-electron chi connectivity index (χ3n) is 3.61. The van der Waals surface area contributed by atoms with Crippen LogP contribution in [-0.2, 0) is 4.74 Å². The molecule has 126 valence electrons. The molecule has 0 radical (unpaired) electrons. The van der Waals surface area contributed by atoms with Gasteiger partial charge in [0.1, 0.15) is 11.4 Å². The van der Waals surface area contributed by atoms with Crippen LogP contribution in [0.2, 0.25) is 0 Å². The number of carbonyl (C=O) groups is 2. The van der Waals surface area contributed by atoms with Crippen LogP contribution < -0.4 is 10.6 Å². The van der Waals surface area contributed by atoms with Gasteiger partial charge in [0.25, 0.3) is 0 Å². The molecule has 2 heterocycles. The van der Waals surface area contributed by atoms with Crippen LogP contribution in [0.3, 0.4) is 0 Å². The Hall–Kier alpha value is -2.31. The van der Waals surface area contributed by atoms with Crippen molar-refractivity contribution >= 4 is 17.8 Å². The smallest absolute Gasteiger partial charge is 0.410 e. The zero-order valence-electron chi connectivity index (χ0n) is 14.1. The summed E-state index contributed by atoms with van der Waals surface area (Å²) in [5.41, 5.74) is 5.11. The maximum atomic E-state index is 12.1. The number of anilines is 1. The molecule has 23 heavy (non-hydrogen) atoms. The summed E-state index contributed by atoms with van der Waals surface area (Å²) in [5, 5.41) is 0. The van der Waals surface area contributed by atoms with E-state index in [0.29, 0.717) is 25.2 Å². The van der Waals surface area contributed by atoms with Crippen LogP contribution in [0.25, 0.3) is 0 Å². The first-order valence-electron chi connectivity index (χ1n) is 7.68. The van der Waals surface area contributed by atoms with E-state index in [-0.39, 0.29) is 12.1 Å². The summed E-state index contributed by atoms with van der Waals surface area (Å²) < 4.78 is 5.41. The van der Waals surface area contributed by atoms with E-state index >= 15 is 0 Å². The molecule has 1 atom stereocenters. The normalized spacial score (nSPS) is 18.7. The molecule has 1 fully saturated rings. The van der Waals surface area contributed by atoms with Crippen molar-refractivity contribution in [1.29, 1.82) is 0 Å². The van der Waals surface area contributed by atoms with Crippen molar-refractivity contribution in [1.82, 2.24) is 9.88 Å². The quantitative estimate of drug-likeness (QED) is 0.894. The van der Waals surface area contributed by atoms with Crippen molar-refractivity contribution in [2.75, 3.05) is 24.5 Å². The monoisotopic (exact) mass is 320 g/mol. The lowest BCUT2D eigenvalue weighted by Gasteiger charge is -2.40. The average molecular weight is 320 g/mol. The minimum Gasteiger partial charge on any atom is -0.444 e. The molecule has 1 aromatic heterocycles. The molecule has 1 aliphatic rings. The van der Waals surface area contributed by atoms with Gasteiger partial charge in [-0.2, -0.15) is 0 Å². The Bertz CT molecular complexity index is 580. The highest BCUT2D eigenvalue weighted by Gasteiger charge is 2.30. The molecule has 1 saturated heterocycles. The van der Waals surface area contributed by atoms with Gasteiger partial charge in [-0.1, -0.05) is 0 Å². The number of primary amides is 1. The van der Waals surface area contributed by atoms with Crippen LogP contribution in [0.5, 0.6) is 0 Å². The number of nitrogens with zero attached hydrogens (tertiary/aromatic N) is 3. The third kappa shape index (κ3) is 4.34. The van der Waals surface area contributed by atoms with E-state index in [1.807, 2.05) is 27.7 Å². The number of piperazine rings is 1. The second-order valence-electron chi connectivity index (χ2n) is 6.74. The van der Waals surface area contributed by atoms with Crippen molar-refractivity contribution < 1.29 is 14.3 Å². The van der Waals surface area contributed by atoms with E-state index in [9.17, 15) is 9.59 Å². The molecule has 0 saturated carbocycles. The van der Waals surface area contributed by atoms with Crippen molar-refractivity contribution in [3.63, 3.8) is 0 Å². The van der Waals surface area contributed by atoms with Gasteiger partial charge < -0.3 is 20.3 Å². The minimum atomic E-state index is -0.496. The number of hydrogen-bond acceptors (Lipinski definition) is 5. The zero-order valence-corrected chi connectivity index (χ0v) is 14.1. The summed E-state index contributed by atoms with van der Waals surface area (Å²) in [4.78, 5) is 31.3. The number of carbonyl (C=O) groups excluding carboxylic acids is 2. The molecule has 1 aliphatic heterocycles. The van der Waals surface area contributed by atoms with Gasteiger partial charge in [-0.15, -0.1) is 0 Å². The first-order valence-corrected chi connectivity index (χ1v) is 7.68. The lowest BCUT2D eigenvalue weighted by molar-refractivity contribution is 0.0218. The SMILES string of the molecule is C[C@@H]1CN(C(=O)OC(C)(C)C)CCN1c1ccc(C(N)=O)cn1. The highest BCUT2D eigenvalue weighted by atomic mass is 16.6. The fraction of sp³-hybridized carbons (Fsp3) is 0.562. The number of ether oxygens (including phenoxy) is 1. The maximum Gasteiger partial charge on any atom is 0.410 e. The lowest BCUT2D eigenvalue weighted by Crippen LogP contribution is -2.54. The number of pyridine rings is 1. The van der Waals surface area contributed by atoms with Gasteiger partial charge in [0.15, 0.2) is 0 Å². The highest BCUT2D eigenvalue weighted by Crippen LogP contribution is 2.20. The zero-order chi connectivity index (χ0) is 17.2. The molecule has 2 N–H and O–H groups in total. The van der Waals surface area contributed by atoms with Crippen molar-refractivity contribution in [3.05, 3.63) is 23.9 Å². The van der Waals surface area contributed by atoms with Gasteiger partial charge in [0.05, 0.1) is 5.56 Å². The van der Waals surface area contributed by atoms with Crippen LogP contribution in [0, 0.1) is 0 Å². The van der Waals surface area contributed by atoms with Crippen LogP contribution in [0.4, 0.5) is 10.6 Å². The maximum absolute atomic E-state index is 12.1. The number of amides is 2. The molecular formula is C16H24N4O3. The molecular weight excluding hydrogens is 296 g/mol. The van der Waals surface area contributed by atoms with E-state index in [2.05, 4.69) is 9.88 Å². The van der Waals surface area contributed by atoms with Crippen molar-refractivity contribution in [2.45, 2.75) is 39.3 Å². The molecule has 0 aromatic carbocycles. The number of hydrogen-bond donors (Lipinski definition) is 1. The van der Waals surface area contributed by atoms with Crippen LogP contribution in [-0.4, -0.2) is 53.2 Å². The number of rotatable bonds is 2. The molecule has 7 nitrogen and oxygen atoms in total. The molecule has 1 aromatic rings. The van der Waals surface area contributed by atoms with Crippen molar-refractivity contribution in [2.24, 2.45) is 5.73 Å². The Morgan fingerprint density at radius 3 is 2.48 bits per heavy atom. The van der Waals surface area contributed by atoms with Gasteiger partial charge in [-0.25, -0.2) is 9.78 Å². The molecule has 2 amide bonds. The van der Waals surface area contributed by atoms with Crippen LogP contribution in [0.15, 0.2) is 18.3 Å². The number of nitrogens with two attached hydrogens (primary N) is 1. The van der Waals surface area contributed by atoms with Crippen LogP contribution in [0.1, 0.15) is 38.1 Å². The summed E-state index contributed by atoms with van der Waals surface area (Å²) >= 11 is 0. The first-order chi connectivity index (χ1) is 10.7. The Morgan fingerprint density at radius 2 is 2.00 bits per heavy atom. The molecule has 0 bridgehead atoms. The van der Waals surface area contributed by atoms with E-state index in [4.69, 9.17) is 10.5 Å². The highest BCUT2D eigenvalue weighted by molar-refractivity contribution is 5.92.